The summed E-state index contributed by atoms with van der Waals surface area (Å²) in [6, 6.07) is 9.91. The largest absolute Gasteiger partial charge is 0.455 e. The third-order valence-corrected chi connectivity index (χ3v) is 9.52. The Bertz CT molecular complexity index is 567. The molecule has 1 aliphatic heterocycles. The normalized spacial score (nSPS) is 24.4. The summed E-state index contributed by atoms with van der Waals surface area (Å²) in [7, 11) is -0.555. The van der Waals surface area contributed by atoms with Crippen molar-refractivity contribution in [3.63, 3.8) is 0 Å². The molecule has 1 aromatic rings. The van der Waals surface area contributed by atoms with Crippen molar-refractivity contribution in [2.45, 2.75) is 63.8 Å². The number of hydrogen-bond donors (Lipinski definition) is 0. The number of ether oxygens (including phenoxy) is 3. The van der Waals surface area contributed by atoms with Gasteiger partial charge in [0.25, 0.3) is 0 Å². The van der Waals surface area contributed by atoms with E-state index in [9.17, 15) is 4.79 Å². The van der Waals surface area contributed by atoms with Crippen LogP contribution < -0.4 is 0 Å². The molecule has 25 heavy (non-hydrogen) atoms. The highest BCUT2D eigenvalue weighted by Gasteiger charge is 2.50. The molecule has 1 heterocycles. The molecule has 6 heteroatoms. The molecule has 1 aliphatic rings. The average molecular weight is 367 g/mol. The van der Waals surface area contributed by atoms with Gasteiger partial charge in [0.05, 0.1) is 13.2 Å². The summed E-state index contributed by atoms with van der Waals surface area (Å²) in [5.41, 5.74) is 1.08. The number of carbonyl (C=O) groups is 1. The lowest BCUT2D eigenvalue weighted by molar-refractivity contribution is -0.150. The van der Waals surface area contributed by atoms with Crippen LogP contribution in [0.4, 0.5) is 0 Å². The van der Waals surface area contributed by atoms with Crippen LogP contribution in [0.1, 0.15) is 26.3 Å². The molecule has 0 aromatic heterocycles. The molecule has 0 bridgehead atoms. The number of esters is 1. The molecule has 2 rings (SSSR count). The molecule has 0 amide bonds. The molecule has 140 valence electrons. The SMILES string of the molecule is CO[C@H]1C(=O)O[C@H](COCc2ccccc2)[C@H]1O[Si](C)(C)C(C)(C)C. The number of benzene rings is 1. The summed E-state index contributed by atoms with van der Waals surface area (Å²) in [6.45, 7) is 11.6. The predicted octanol–water partition coefficient (Wildman–Crippen LogP) is 3.53. The first-order valence-electron chi connectivity index (χ1n) is 8.68. The highest BCUT2D eigenvalue weighted by Crippen LogP contribution is 2.39. The molecule has 0 N–H and O–H groups in total. The first-order valence-corrected chi connectivity index (χ1v) is 11.6. The molecule has 0 spiro atoms. The zero-order valence-corrected chi connectivity index (χ0v) is 17.1. The minimum Gasteiger partial charge on any atom is -0.455 e. The van der Waals surface area contributed by atoms with Gasteiger partial charge in [-0.25, -0.2) is 4.79 Å². The topological polar surface area (TPSA) is 54.0 Å². The van der Waals surface area contributed by atoms with E-state index >= 15 is 0 Å². The summed E-state index contributed by atoms with van der Waals surface area (Å²) in [6.07, 6.45) is -1.58. The molecule has 1 saturated heterocycles. The van der Waals surface area contributed by atoms with Gasteiger partial charge in [-0.2, -0.15) is 0 Å². The lowest BCUT2D eigenvalue weighted by atomic mass is 10.1. The van der Waals surface area contributed by atoms with E-state index in [1.807, 2.05) is 30.3 Å². The van der Waals surface area contributed by atoms with Crippen molar-refractivity contribution in [1.29, 1.82) is 0 Å². The lowest BCUT2D eigenvalue weighted by Crippen LogP contribution is -2.50. The van der Waals surface area contributed by atoms with Crippen LogP contribution in [-0.4, -0.2) is 46.3 Å². The Labute approximate surface area is 151 Å². The molecule has 0 unspecified atom stereocenters. The van der Waals surface area contributed by atoms with E-state index in [0.29, 0.717) is 13.2 Å². The van der Waals surface area contributed by atoms with Crippen LogP contribution in [-0.2, 0) is 30.0 Å². The van der Waals surface area contributed by atoms with Crippen molar-refractivity contribution < 1.29 is 23.4 Å². The molecule has 3 atom stereocenters. The van der Waals surface area contributed by atoms with E-state index in [2.05, 4.69) is 33.9 Å². The molecule has 1 fully saturated rings. The predicted molar refractivity (Wildman–Crippen MR) is 98.8 cm³/mol. The Morgan fingerprint density at radius 2 is 1.80 bits per heavy atom. The highest BCUT2D eigenvalue weighted by atomic mass is 28.4. The first kappa shape index (κ1) is 20.1. The van der Waals surface area contributed by atoms with Crippen LogP contribution in [0.5, 0.6) is 0 Å². The average Bonchev–Trinajstić information content (AvgIpc) is 2.81. The van der Waals surface area contributed by atoms with Crippen LogP contribution in [0.25, 0.3) is 0 Å². The van der Waals surface area contributed by atoms with E-state index in [-0.39, 0.29) is 11.0 Å². The van der Waals surface area contributed by atoms with Gasteiger partial charge in [-0.05, 0) is 23.7 Å². The van der Waals surface area contributed by atoms with Crippen molar-refractivity contribution >= 4 is 14.3 Å². The fourth-order valence-corrected chi connectivity index (χ4v) is 3.80. The highest BCUT2D eigenvalue weighted by molar-refractivity contribution is 6.74. The Hall–Kier alpha value is -1.21. The standard InChI is InChI=1S/C19H30O5Si/c1-19(2,3)25(5,6)24-16-15(23-18(20)17(16)21-4)13-22-12-14-10-8-7-9-11-14/h7-11,15-17H,12-13H2,1-6H3/t15-,16-,17-/m1/s1. The second-order valence-corrected chi connectivity index (χ2v) is 12.7. The Morgan fingerprint density at radius 1 is 1.16 bits per heavy atom. The molecular formula is C19H30O5Si. The summed E-state index contributed by atoms with van der Waals surface area (Å²) < 4.78 is 23.1. The maximum atomic E-state index is 12.1. The second kappa shape index (κ2) is 7.99. The van der Waals surface area contributed by atoms with Gasteiger partial charge in [0, 0.05) is 7.11 Å². The zero-order valence-electron chi connectivity index (χ0n) is 16.1. The Kier molecular flexibility index (Phi) is 6.43. The number of cyclic esters (lactones) is 1. The van der Waals surface area contributed by atoms with Crippen molar-refractivity contribution in [1.82, 2.24) is 0 Å². The van der Waals surface area contributed by atoms with Gasteiger partial charge in [-0.15, -0.1) is 0 Å². The number of hydrogen-bond acceptors (Lipinski definition) is 5. The fraction of sp³-hybridized carbons (Fsp3) is 0.632. The minimum absolute atomic E-state index is 0.0341. The third-order valence-electron chi connectivity index (χ3n) is 5.05. The van der Waals surface area contributed by atoms with E-state index in [4.69, 9.17) is 18.6 Å². The molecule has 0 saturated carbocycles. The summed E-state index contributed by atoms with van der Waals surface area (Å²) in [4.78, 5) is 12.1. The number of rotatable bonds is 7. The molecule has 1 aromatic carbocycles. The van der Waals surface area contributed by atoms with Gasteiger partial charge in [0.1, 0.15) is 6.10 Å². The van der Waals surface area contributed by atoms with Crippen LogP contribution in [0, 0.1) is 0 Å². The number of methoxy groups -OCH3 is 1. The Morgan fingerprint density at radius 3 is 2.36 bits per heavy atom. The maximum Gasteiger partial charge on any atom is 0.338 e. The van der Waals surface area contributed by atoms with Gasteiger partial charge < -0.3 is 18.6 Å². The smallest absolute Gasteiger partial charge is 0.338 e. The second-order valence-electron chi connectivity index (χ2n) is 7.98. The molecule has 0 aliphatic carbocycles. The minimum atomic E-state index is -2.07. The molecule has 5 nitrogen and oxygen atoms in total. The molecule has 0 radical (unpaired) electrons. The van der Waals surface area contributed by atoms with E-state index in [0.717, 1.165) is 5.56 Å². The first-order chi connectivity index (χ1) is 11.7. The third kappa shape index (κ3) is 4.91. The van der Waals surface area contributed by atoms with Crippen LogP contribution in [0.3, 0.4) is 0 Å². The van der Waals surface area contributed by atoms with Crippen molar-refractivity contribution in [2.75, 3.05) is 13.7 Å². The van der Waals surface area contributed by atoms with Gasteiger partial charge in [0.15, 0.2) is 20.5 Å². The summed E-state index contributed by atoms with van der Waals surface area (Å²) >= 11 is 0. The van der Waals surface area contributed by atoms with Crippen molar-refractivity contribution in [3.8, 4) is 0 Å². The van der Waals surface area contributed by atoms with Crippen LogP contribution >= 0.6 is 0 Å². The van der Waals surface area contributed by atoms with Crippen molar-refractivity contribution in [3.05, 3.63) is 35.9 Å². The van der Waals surface area contributed by atoms with E-state index in [1.54, 1.807) is 0 Å². The zero-order chi connectivity index (χ0) is 18.7. The maximum absolute atomic E-state index is 12.1. The van der Waals surface area contributed by atoms with E-state index in [1.165, 1.54) is 7.11 Å². The van der Waals surface area contributed by atoms with Crippen LogP contribution in [0.2, 0.25) is 18.1 Å². The van der Waals surface area contributed by atoms with Gasteiger partial charge in [0.2, 0.25) is 0 Å². The van der Waals surface area contributed by atoms with Gasteiger partial charge in [-0.3, -0.25) is 0 Å². The summed E-state index contributed by atoms with van der Waals surface area (Å²) in [5.74, 6) is -0.375. The summed E-state index contributed by atoms with van der Waals surface area (Å²) in [5, 5.41) is 0.0341. The van der Waals surface area contributed by atoms with E-state index < -0.39 is 26.6 Å². The van der Waals surface area contributed by atoms with Crippen molar-refractivity contribution in [2.24, 2.45) is 0 Å². The lowest BCUT2D eigenvalue weighted by Gasteiger charge is -2.39. The molecular weight excluding hydrogens is 336 g/mol. The monoisotopic (exact) mass is 366 g/mol. The quantitative estimate of drug-likeness (QED) is 0.546. The fourth-order valence-electron chi connectivity index (χ4n) is 2.49. The van der Waals surface area contributed by atoms with Crippen LogP contribution in [0.15, 0.2) is 30.3 Å². The Balaban J connectivity index is 2.03. The van der Waals surface area contributed by atoms with Gasteiger partial charge in [-0.1, -0.05) is 51.1 Å². The number of carbonyl (C=O) groups excluding carboxylic acids is 1. The van der Waals surface area contributed by atoms with Gasteiger partial charge >= 0.3 is 5.97 Å².